The summed E-state index contributed by atoms with van der Waals surface area (Å²) in [5.41, 5.74) is 0.866. The number of esters is 2. The molecule has 0 bridgehead atoms. The third-order valence-electron chi connectivity index (χ3n) is 5.76. The Balaban J connectivity index is 1.47. The second-order valence-corrected chi connectivity index (χ2v) is 7.55. The molecule has 2 amide bonds. The number of carbonyl (C=O) groups excluding carboxylic acids is 4. The molecule has 1 saturated carbocycles. The van der Waals surface area contributed by atoms with Gasteiger partial charge in [-0.25, -0.2) is 4.79 Å². The van der Waals surface area contributed by atoms with Crippen molar-refractivity contribution in [1.29, 1.82) is 0 Å². The molecule has 0 spiro atoms. The Morgan fingerprint density at radius 3 is 2.40 bits per heavy atom. The van der Waals surface area contributed by atoms with E-state index in [1.165, 1.54) is 0 Å². The van der Waals surface area contributed by atoms with E-state index < -0.39 is 18.5 Å². The Labute approximate surface area is 173 Å². The number of nitrogens with zero attached hydrogens (tertiary/aromatic N) is 1. The highest BCUT2D eigenvalue weighted by molar-refractivity contribution is 6.07. The number of para-hydroxylation sites is 1. The van der Waals surface area contributed by atoms with Crippen molar-refractivity contribution in [3.05, 3.63) is 35.6 Å². The van der Waals surface area contributed by atoms with E-state index in [1.807, 2.05) is 0 Å². The molecule has 0 unspecified atom stereocenters. The average Bonchev–Trinajstić information content (AvgIpc) is 3.24. The van der Waals surface area contributed by atoms with Crippen LogP contribution in [0.3, 0.4) is 0 Å². The summed E-state index contributed by atoms with van der Waals surface area (Å²) in [5, 5.41) is 0.632. The predicted molar refractivity (Wildman–Crippen MR) is 104 cm³/mol. The minimum atomic E-state index is -0.713. The van der Waals surface area contributed by atoms with E-state index in [-0.39, 0.29) is 42.6 Å². The maximum absolute atomic E-state index is 12.5. The molecule has 1 aliphatic heterocycles. The van der Waals surface area contributed by atoms with Crippen LogP contribution in [0.1, 0.15) is 48.7 Å². The van der Waals surface area contributed by atoms with Crippen molar-refractivity contribution in [2.45, 2.75) is 39.2 Å². The molecular weight excluding hydrogens is 390 g/mol. The highest BCUT2D eigenvalue weighted by Crippen LogP contribution is 2.38. The molecule has 0 radical (unpaired) electrons. The average molecular weight is 413 g/mol. The smallest absolute Gasteiger partial charge is 0.374 e. The third kappa shape index (κ3) is 3.58. The van der Waals surface area contributed by atoms with E-state index in [9.17, 15) is 19.2 Å². The first-order valence-corrected chi connectivity index (χ1v) is 10.2. The first-order chi connectivity index (χ1) is 14.5. The Hall–Kier alpha value is -3.16. The minimum Gasteiger partial charge on any atom is -0.460 e. The molecule has 2 heterocycles. The number of imide groups is 1. The lowest BCUT2D eigenvalue weighted by atomic mass is 9.81. The fourth-order valence-corrected chi connectivity index (χ4v) is 4.32. The number of rotatable bonds is 6. The summed E-state index contributed by atoms with van der Waals surface area (Å²) < 4.78 is 15.9. The van der Waals surface area contributed by atoms with E-state index in [0.29, 0.717) is 29.4 Å². The summed E-state index contributed by atoms with van der Waals surface area (Å²) in [7, 11) is 0. The summed E-state index contributed by atoms with van der Waals surface area (Å²) in [5.74, 6) is -2.58. The van der Waals surface area contributed by atoms with Crippen molar-refractivity contribution in [2.24, 2.45) is 11.8 Å². The van der Waals surface area contributed by atoms with Gasteiger partial charge in [-0.15, -0.1) is 0 Å². The van der Waals surface area contributed by atoms with E-state index in [2.05, 4.69) is 0 Å². The Morgan fingerprint density at radius 2 is 1.73 bits per heavy atom. The number of benzene rings is 1. The van der Waals surface area contributed by atoms with Gasteiger partial charge in [-0.05, 0) is 25.8 Å². The van der Waals surface area contributed by atoms with Crippen molar-refractivity contribution in [2.75, 3.05) is 13.2 Å². The molecule has 2 aromatic rings. The number of hydrogen-bond donors (Lipinski definition) is 0. The molecule has 1 aromatic heterocycles. The molecule has 1 aromatic carbocycles. The van der Waals surface area contributed by atoms with E-state index in [1.54, 1.807) is 31.2 Å². The maximum atomic E-state index is 12.5. The topological polar surface area (TPSA) is 103 Å². The van der Waals surface area contributed by atoms with Crippen molar-refractivity contribution in [3.8, 4) is 0 Å². The lowest BCUT2D eigenvalue weighted by Gasteiger charge is -2.19. The summed E-state index contributed by atoms with van der Waals surface area (Å²) in [4.78, 5) is 50.7. The highest BCUT2D eigenvalue weighted by atomic mass is 16.5. The molecule has 2 atom stereocenters. The Bertz CT molecular complexity index is 984. The molecule has 2 fully saturated rings. The quantitative estimate of drug-likeness (QED) is 0.530. The number of furan rings is 1. The molecule has 158 valence electrons. The molecule has 30 heavy (non-hydrogen) atoms. The van der Waals surface area contributed by atoms with Crippen LogP contribution >= 0.6 is 0 Å². The Kier molecular flexibility index (Phi) is 5.57. The molecule has 1 saturated heterocycles. The molecule has 0 N–H and O–H groups in total. The van der Waals surface area contributed by atoms with Crippen LogP contribution in [0.15, 0.2) is 28.7 Å². The van der Waals surface area contributed by atoms with Crippen molar-refractivity contribution < 1.29 is 33.1 Å². The Morgan fingerprint density at radius 1 is 1.07 bits per heavy atom. The van der Waals surface area contributed by atoms with Crippen LogP contribution in [0.25, 0.3) is 11.0 Å². The first-order valence-electron chi connectivity index (χ1n) is 10.2. The summed E-state index contributed by atoms with van der Waals surface area (Å²) in [6.45, 7) is 1.21. The zero-order valence-corrected chi connectivity index (χ0v) is 16.7. The fraction of sp³-hybridized carbons (Fsp3) is 0.455. The van der Waals surface area contributed by atoms with Crippen LogP contribution in [-0.2, 0) is 30.5 Å². The van der Waals surface area contributed by atoms with Crippen LogP contribution < -0.4 is 0 Å². The molecule has 2 aliphatic rings. The van der Waals surface area contributed by atoms with E-state index in [4.69, 9.17) is 13.9 Å². The number of amides is 2. The number of ether oxygens (including phenoxy) is 2. The molecule has 8 nitrogen and oxygen atoms in total. The van der Waals surface area contributed by atoms with Gasteiger partial charge in [0.25, 0.3) is 0 Å². The van der Waals surface area contributed by atoms with Crippen molar-refractivity contribution >= 4 is 34.7 Å². The van der Waals surface area contributed by atoms with Gasteiger partial charge in [-0.2, -0.15) is 0 Å². The molecular formula is C22H23NO7. The highest BCUT2D eigenvalue weighted by Gasteiger charge is 2.48. The number of hydrogen-bond acceptors (Lipinski definition) is 7. The fourth-order valence-electron chi connectivity index (χ4n) is 4.32. The summed E-state index contributed by atoms with van der Waals surface area (Å²) in [6, 6.07) is 7.00. The van der Waals surface area contributed by atoms with E-state index >= 15 is 0 Å². The van der Waals surface area contributed by atoms with Crippen LogP contribution in [0.4, 0.5) is 0 Å². The number of fused-ring (bicyclic) bond motifs is 2. The standard InChI is InChI=1S/C22H23NO7/c1-2-28-22(27)19-16(13-7-5-6-10-17(13)30-19)12-29-18(24)11-23-20(25)14-8-3-4-9-15(14)21(23)26/h5-7,10,14-15H,2-4,8-9,11-12H2,1H3/t14-,15+. The van der Waals surface area contributed by atoms with Gasteiger partial charge < -0.3 is 13.9 Å². The van der Waals surface area contributed by atoms with Crippen LogP contribution in [0, 0.1) is 11.8 Å². The summed E-state index contributed by atoms with van der Waals surface area (Å²) >= 11 is 0. The zero-order chi connectivity index (χ0) is 21.3. The second kappa shape index (κ2) is 8.30. The van der Waals surface area contributed by atoms with Crippen LogP contribution in [0.2, 0.25) is 0 Å². The lowest BCUT2D eigenvalue weighted by Crippen LogP contribution is -2.36. The number of likely N-dealkylation sites (tertiary alicyclic amines) is 1. The SMILES string of the molecule is CCOC(=O)c1oc2ccccc2c1COC(=O)CN1C(=O)[C@H]2CCCC[C@H]2C1=O. The third-order valence-corrected chi connectivity index (χ3v) is 5.76. The summed E-state index contributed by atoms with van der Waals surface area (Å²) in [6.07, 6.45) is 3.21. The molecule has 8 heteroatoms. The van der Waals surface area contributed by atoms with Crippen LogP contribution in [-0.4, -0.2) is 41.8 Å². The lowest BCUT2D eigenvalue weighted by molar-refractivity contribution is -0.153. The molecule has 1 aliphatic carbocycles. The molecule has 4 rings (SSSR count). The van der Waals surface area contributed by atoms with Gasteiger partial charge in [-0.3, -0.25) is 19.3 Å². The van der Waals surface area contributed by atoms with Crippen LogP contribution in [0.5, 0.6) is 0 Å². The van der Waals surface area contributed by atoms with Gasteiger partial charge in [0, 0.05) is 5.39 Å². The van der Waals surface area contributed by atoms with Gasteiger partial charge in [0.1, 0.15) is 18.7 Å². The van der Waals surface area contributed by atoms with Gasteiger partial charge >= 0.3 is 11.9 Å². The second-order valence-electron chi connectivity index (χ2n) is 7.55. The first kappa shape index (κ1) is 20.1. The van der Waals surface area contributed by atoms with Gasteiger partial charge in [-0.1, -0.05) is 31.0 Å². The largest absolute Gasteiger partial charge is 0.460 e. The van der Waals surface area contributed by atoms with Crippen molar-refractivity contribution in [3.63, 3.8) is 0 Å². The van der Waals surface area contributed by atoms with Gasteiger partial charge in [0.15, 0.2) is 0 Å². The van der Waals surface area contributed by atoms with Crippen molar-refractivity contribution in [1.82, 2.24) is 4.90 Å². The number of carbonyl (C=O) groups is 4. The normalized spacial score (nSPS) is 21.0. The maximum Gasteiger partial charge on any atom is 0.374 e. The van der Waals surface area contributed by atoms with E-state index in [0.717, 1.165) is 17.7 Å². The van der Waals surface area contributed by atoms with Gasteiger partial charge in [0.05, 0.1) is 24.0 Å². The predicted octanol–water partition coefficient (Wildman–Crippen LogP) is 2.83. The zero-order valence-electron chi connectivity index (χ0n) is 16.7. The monoisotopic (exact) mass is 413 g/mol. The minimum absolute atomic E-state index is 0.0230. The van der Waals surface area contributed by atoms with Gasteiger partial charge in [0.2, 0.25) is 17.6 Å².